The van der Waals surface area contributed by atoms with Crippen molar-refractivity contribution in [3.63, 3.8) is 0 Å². The van der Waals surface area contributed by atoms with Gasteiger partial charge in [-0.15, -0.1) is 0 Å². The number of rotatable bonds is 5. The Labute approximate surface area is 187 Å². The van der Waals surface area contributed by atoms with Gasteiger partial charge < -0.3 is 14.7 Å². The Hall–Kier alpha value is -3.45. The number of aliphatic hydroxyl groups is 1. The number of pyridine rings is 1. The van der Waals surface area contributed by atoms with E-state index in [-0.39, 0.29) is 17.9 Å². The molecule has 0 radical (unpaired) electrons. The Balaban J connectivity index is 1.87. The first-order valence-corrected chi connectivity index (χ1v) is 10.4. The van der Waals surface area contributed by atoms with Crippen LogP contribution in [0.25, 0.3) is 5.76 Å². The highest BCUT2D eigenvalue weighted by Gasteiger charge is 2.46. The van der Waals surface area contributed by atoms with Crippen LogP contribution in [0, 0.1) is 0 Å². The number of nitrogens with zero attached hydrogens (tertiary/aromatic N) is 2. The third kappa shape index (κ3) is 4.09. The molecule has 6 nitrogen and oxygen atoms in total. The molecular formula is C24H19BrN2O4. The molecule has 0 bridgehead atoms. The number of ketones is 1. The van der Waals surface area contributed by atoms with Crippen LogP contribution < -0.4 is 4.74 Å². The van der Waals surface area contributed by atoms with Gasteiger partial charge in [0, 0.05) is 29.0 Å². The fourth-order valence-corrected chi connectivity index (χ4v) is 3.92. The smallest absolute Gasteiger partial charge is 0.295 e. The van der Waals surface area contributed by atoms with Gasteiger partial charge >= 0.3 is 0 Å². The molecule has 0 spiro atoms. The number of aromatic nitrogens is 1. The standard InChI is InChI=1S/C24H19BrN2O4/c1-31-19-6-2-5-17(12-19)21-20(22(28)16-7-9-18(25)10-8-16)23(29)24(30)27(21)14-15-4-3-11-26-13-15/h2-13,21,28H,14H2,1H3/b22-20-. The van der Waals surface area contributed by atoms with Gasteiger partial charge in [-0.2, -0.15) is 0 Å². The van der Waals surface area contributed by atoms with Crippen LogP contribution in [0.5, 0.6) is 5.75 Å². The largest absolute Gasteiger partial charge is 0.507 e. The van der Waals surface area contributed by atoms with Crippen molar-refractivity contribution in [2.45, 2.75) is 12.6 Å². The lowest BCUT2D eigenvalue weighted by Gasteiger charge is -2.25. The molecule has 1 saturated heterocycles. The van der Waals surface area contributed by atoms with Crippen LogP contribution >= 0.6 is 15.9 Å². The highest BCUT2D eigenvalue weighted by molar-refractivity contribution is 9.10. The summed E-state index contributed by atoms with van der Waals surface area (Å²) < 4.78 is 6.17. The summed E-state index contributed by atoms with van der Waals surface area (Å²) >= 11 is 3.36. The number of carbonyl (C=O) groups excluding carboxylic acids is 2. The Morgan fingerprint density at radius 2 is 1.90 bits per heavy atom. The molecule has 2 heterocycles. The number of hydrogen-bond donors (Lipinski definition) is 1. The molecule has 3 aromatic rings. The molecule has 1 atom stereocenters. The monoisotopic (exact) mass is 478 g/mol. The van der Waals surface area contributed by atoms with Crippen LogP contribution in [-0.2, 0) is 16.1 Å². The second kappa shape index (κ2) is 8.73. The minimum atomic E-state index is -0.765. The average Bonchev–Trinajstić information content (AvgIpc) is 3.05. The maximum atomic E-state index is 13.1. The summed E-state index contributed by atoms with van der Waals surface area (Å²) in [5.74, 6) is -1.02. The van der Waals surface area contributed by atoms with Crippen LogP contribution in [0.3, 0.4) is 0 Å². The fourth-order valence-electron chi connectivity index (χ4n) is 3.65. The lowest BCUT2D eigenvalue weighted by atomic mass is 9.95. The molecule has 1 aromatic heterocycles. The summed E-state index contributed by atoms with van der Waals surface area (Å²) in [6.45, 7) is 0.178. The molecule has 1 N–H and O–H groups in total. The van der Waals surface area contributed by atoms with Crippen LogP contribution in [0.2, 0.25) is 0 Å². The molecule has 0 saturated carbocycles. The molecule has 156 valence electrons. The number of Topliss-reactive ketones (excluding diaryl/α,β-unsaturated/α-hetero) is 1. The second-order valence-electron chi connectivity index (χ2n) is 7.07. The molecule has 2 aromatic carbocycles. The van der Waals surface area contributed by atoms with E-state index < -0.39 is 17.7 Å². The molecule has 4 rings (SSSR count). The predicted molar refractivity (Wildman–Crippen MR) is 119 cm³/mol. The number of aliphatic hydroxyl groups excluding tert-OH is 1. The van der Waals surface area contributed by atoms with E-state index in [1.807, 2.05) is 12.1 Å². The molecule has 0 aliphatic carbocycles. The van der Waals surface area contributed by atoms with Crippen molar-refractivity contribution in [2.75, 3.05) is 7.11 Å². The summed E-state index contributed by atoms with van der Waals surface area (Å²) in [6.07, 6.45) is 3.29. The number of hydrogen-bond acceptors (Lipinski definition) is 5. The zero-order valence-electron chi connectivity index (χ0n) is 16.7. The van der Waals surface area contributed by atoms with Gasteiger partial charge in [-0.3, -0.25) is 14.6 Å². The Morgan fingerprint density at radius 3 is 2.58 bits per heavy atom. The van der Waals surface area contributed by atoms with Crippen LogP contribution in [0.4, 0.5) is 0 Å². The zero-order valence-corrected chi connectivity index (χ0v) is 18.2. The van der Waals surface area contributed by atoms with Crippen LogP contribution in [-0.4, -0.2) is 33.8 Å². The second-order valence-corrected chi connectivity index (χ2v) is 7.99. The third-order valence-electron chi connectivity index (χ3n) is 5.14. The normalized spacial score (nSPS) is 17.7. The molecule has 1 unspecified atom stereocenters. The highest BCUT2D eigenvalue weighted by atomic mass is 79.9. The molecule has 7 heteroatoms. The maximum absolute atomic E-state index is 13.1. The zero-order chi connectivity index (χ0) is 22.0. The van der Waals surface area contributed by atoms with Gasteiger partial charge in [-0.05, 0) is 41.5 Å². The molecule has 1 amide bonds. The van der Waals surface area contributed by atoms with Gasteiger partial charge in [-0.1, -0.05) is 46.3 Å². The van der Waals surface area contributed by atoms with E-state index in [1.54, 1.807) is 68.0 Å². The van der Waals surface area contributed by atoms with Crippen molar-refractivity contribution in [2.24, 2.45) is 0 Å². The number of carbonyl (C=O) groups is 2. The van der Waals surface area contributed by atoms with Crippen molar-refractivity contribution in [1.82, 2.24) is 9.88 Å². The maximum Gasteiger partial charge on any atom is 0.295 e. The molecule has 1 aliphatic rings. The third-order valence-corrected chi connectivity index (χ3v) is 5.67. The van der Waals surface area contributed by atoms with Gasteiger partial charge in [0.05, 0.1) is 18.7 Å². The van der Waals surface area contributed by atoms with Gasteiger partial charge in [0.15, 0.2) is 0 Å². The summed E-state index contributed by atoms with van der Waals surface area (Å²) in [5, 5.41) is 11.1. The number of likely N-dealkylation sites (tertiary alicyclic amines) is 1. The number of halogens is 1. The first-order chi connectivity index (χ1) is 15.0. The van der Waals surface area contributed by atoms with E-state index in [1.165, 1.54) is 4.90 Å². The number of amides is 1. The molecule has 1 aliphatic heterocycles. The van der Waals surface area contributed by atoms with Gasteiger partial charge in [0.25, 0.3) is 11.7 Å². The first kappa shape index (κ1) is 20.8. The van der Waals surface area contributed by atoms with Gasteiger partial charge in [0.1, 0.15) is 11.5 Å². The van der Waals surface area contributed by atoms with Crippen LogP contribution in [0.1, 0.15) is 22.7 Å². The van der Waals surface area contributed by atoms with Crippen LogP contribution in [0.15, 0.2) is 83.1 Å². The quantitative estimate of drug-likeness (QED) is 0.332. The minimum absolute atomic E-state index is 0.0458. The topological polar surface area (TPSA) is 79.7 Å². The predicted octanol–water partition coefficient (Wildman–Crippen LogP) is 4.47. The van der Waals surface area contributed by atoms with E-state index in [4.69, 9.17) is 4.74 Å². The Kier molecular flexibility index (Phi) is 5.86. The number of benzene rings is 2. The van der Waals surface area contributed by atoms with Crippen molar-refractivity contribution in [3.8, 4) is 5.75 Å². The fraction of sp³-hybridized carbons (Fsp3) is 0.125. The summed E-state index contributed by atoms with van der Waals surface area (Å²) in [7, 11) is 1.55. The van der Waals surface area contributed by atoms with E-state index in [9.17, 15) is 14.7 Å². The van der Waals surface area contributed by atoms with E-state index in [0.29, 0.717) is 16.9 Å². The molecule has 1 fully saturated rings. The van der Waals surface area contributed by atoms with Crippen molar-refractivity contribution < 1.29 is 19.4 Å². The highest BCUT2D eigenvalue weighted by Crippen LogP contribution is 2.41. The van der Waals surface area contributed by atoms with E-state index in [2.05, 4.69) is 20.9 Å². The molecular weight excluding hydrogens is 460 g/mol. The van der Waals surface area contributed by atoms with Crippen molar-refractivity contribution in [3.05, 3.63) is 99.8 Å². The number of methoxy groups -OCH3 is 1. The Bertz CT molecular complexity index is 1160. The van der Waals surface area contributed by atoms with Crippen molar-refractivity contribution in [1.29, 1.82) is 0 Å². The summed E-state index contributed by atoms with van der Waals surface area (Å²) in [6, 6.07) is 16.9. The number of ether oxygens (including phenoxy) is 1. The Morgan fingerprint density at radius 1 is 1.13 bits per heavy atom. The molecule has 31 heavy (non-hydrogen) atoms. The van der Waals surface area contributed by atoms with E-state index in [0.717, 1.165) is 10.0 Å². The van der Waals surface area contributed by atoms with Gasteiger partial charge in [-0.25, -0.2) is 0 Å². The average molecular weight is 479 g/mol. The van der Waals surface area contributed by atoms with Crippen molar-refractivity contribution >= 4 is 33.4 Å². The summed E-state index contributed by atoms with van der Waals surface area (Å²) in [4.78, 5) is 31.6. The lowest BCUT2D eigenvalue weighted by molar-refractivity contribution is -0.140. The summed E-state index contributed by atoms with van der Waals surface area (Å²) in [5.41, 5.74) is 1.95. The SMILES string of the molecule is COc1cccc(C2/C(=C(/O)c3ccc(Br)cc3)C(=O)C(=O)N2Cc2cccnc2)c1. The minimum Gasteiger partial charge on any atom is -0.507 e. The lowest BCUT2D eigenvalue weighted by Crippen LogP contribution is -2.29. The van der Waals surface area contributed by atoms with E-state index >= 15 is 0 Å². The van der Waals surface area contributed by atoms with Gasteiger partial charge in [0.2, 0.25) is 0 Å². The first-order valence-electron chi connectivity index (χ1n) is 9.57.